The third kappa shape index (κ3) is 10.4. The van der Waals surface area contributed by atoms with Crippen LogP contribution in [0, 0.1) is 0 Å². The van der Waals surface area contributed by atoms with Gasteiger partial charge in [0.05, 0.1) is 0 Å². The summed E-state index contributed by atoms with van der Waals surface area (Å²) < 4.78 is 9.48. The molecular formula is C8H20O4Ti2. The molecule has 0 radical (unpaired) electrons. The molecule has 0 aliphatic carbocycles. The van der Waals surface area contributed by atoms with Gasteiger partial charge in [-0.05, 0) is 0 Å². The Morgan fingerprint density at radius 3 is 1.71 bits per heavy atom. The van der Waals surface area contributed by atoms with E-state index in [9.17, 15) is 9.59 Å². The van der Waals surface area contributed by atoms with Crippen LogP contribution in [-0.2, 0) is 57.9 Å². The van der Waals surface area contributed by atoms with E-state index in [-0.39, 0.29) is 42.2 Å². The molecule has 14 heavy (non-hydrogen) atoms. The molecule has 4 nitrogen and oxygen atoms in total. The molecule has 0 aromatic heterocycles. The molecule has 0 saturated heterocycles. The number of rotatable bonds is 6. The van der Waals surface area contributed by atoms with E-state index in [0.29, 0.717) is 12.8 Å². The molecule has 84 valence electrons. The number of carbonyl (C=O) groups is 2. The standard InChI is InChI=1S/2C4H8O2.2Ti.6H/c2*1-2-3-4(5)6;;;;;;;;/h2*2-3H2,1H3,(H,5,6);;;;;;;;/q;;2*+4;6*-1/p-2. The van der Waals surface area contributed by atoms with Gasteiger partial charge in [-0.15, -0.1) is 0 Å². The van der Waals surface area contributed by atoms with Crippen LogP contribution in [0.15, 0.2) is 0 Å². The molecule has 0 spiro atoms. The van der Waals surface area contributed by atoms with Gasteiger partial charge in [0.25, 0.3) is 0 Å². The summed E-state index contributed by atoms with van der Waals surface area (Å²) in [6, 6.07) is 0. The van der Waals surface area contributed by atoms with Crippen molar-refractivity contribution in [2.45, 2.75) is 39.5 Å². The Bertz CT molecular complexity index is 172. The Morgan fingerprint density at radius 1 is 1.07 bits per heavy atom. The van der Waals surface area contributed by atoms with Crippen LogP contribution in [0.25, 0.3) is 0 Å². The molecule has 0 aliphatic heterocycles. The van der Waals surface area contributed by atoms with Crippen LogP contribution in [0.1, 0.15) is 48.1 Å². The summed E-state index contributed by atoms with van der Waals surface area (Å²) in [7, 11) is 0. The van der Waals surface area contributed by atoms with Crippen molar-refractivity contribution in [2.75, 3.05) is 0 Å². The van der Waals surface area contributed by atoms with E-state index < -0.39 is 19.9 Å². The van der Waals surface area contributed by atoms with Gasteiger partial charge in [-0.25, -0.2) is 0 Å². The third-order valence-corrected chi connectivity index (χ3v) is 2.19. The Labute approximate surface area is 118 Å². The first kappa shape index (κ1) is 16.8. The molecule has 0 rings (SSSR count). The van der Waals surface area contributed by atoms with Crippen LogP contribution in [0.2, 0.25) is 0 Å². The monoisotopic (exact) mass is 276 g/mol. The molecular weight excluding hydrogens is 256 g/mol. The van der Waals surface area contributed by atoms with Gasteiger partial charge in [-0.2, -0.15) is 0 Å². The van der Waals surface area contributed by atoms with Crippen molar-refractivity contribution < 1.29 is 66.4 Å². The molecule has 0 unspecified atom stereocenters. The van der Waals surface area contributed by atoms with Crippen LogP contribution >= 0.6 is 0 Å². The van der Waals surface area contributed by atoms with Gasteiger partial charge < -0.3 is 8.56 Å². The predicted octanol–water partition coefficient (Wildman–Crippen LogP) is 2.26. The van der Waals surface area contributed by atoms with Crippen LogP contribution < -0.4 is 0 Å². The molecule has 6 heteroatoms. The third-order valence-electron chi connectivity index (χ3n) is 1.22. The molecule has 0 aromatic carbocycles. The van der Waals surface area contributed by atoms with E-state index in [1.54, 1.807) is 0 Å². The van der Waals surface area contributed by atoms with Crippen LogP contribution in [0.5, 0.6) is 0 Å². The number of hydrogen-bond donors (Lipinski definition) is 0. The molecule has 0 aliphatic rings. The quantitative estimate of drug-likeness (QED) is 0.698. The van der Waals surface area contributed by atoms with E-state index in [1.165, 1.54) is 0 Å². The van der Waals surface area contributed by atoms with Crippen LogP contribution in [-0.4, -0.2) is 11.9 Å². The zero-order valence-corrected chi connectivity index (χ0v) is 11.6. The van der Waals surface area contributed by atoms with Gasteiger partial charge in [0, 0.05) is 0 Å². The normalized spacial score (nSPS) is 8.14. The Hall–Kier alpha value is 0.369. The Morgan fingerprint density at radius 2 is 1.43 bits per heavy atom. The fourth-order valence-electron chi connectivity index (χ4n) is 0.624. The summed E-state index contributed by atoms with van der Waals surface area (Å²) in [6.07, 6.45) is 2.31. The van der Waals surface area contributed by atoms with E-state index in [1.807, 2.05) is 13.8 Å². The molecule has 0 aromatic rings. The Balaban J connectivity index is -0.0000000343. The minimum Gasteiger partial charge on any atom is -1.00 e. The van der Waals surface area contributed by atoms with Gasteiger partial charge in [0.1, 0.15) is 0 Å². The first-order valence-corrected chi connectivity index (χ1v) is 5.62. The molecule has 0 heterocycles. The molecule has 0 bridgehead atoms. The molecule has 0 N–H and O–H groups in total. The first-order valence-electron chi connectivity index (χ1n) is 4.35. The fourth-order valence-corrected chi connectivity index (χ4v) is 1.30. The molecule has 0 fully saturated rings. The van der Waals surface area contributed by atoms with Crippen molar-refractivity contribution in [1.82, 2.24) is 0 Å². The fraction of sp³-hybridized carbons (Fsp3) is 0.750. The maximum atomic E-state index is 10.8. The van der Waals surface area contributed by atoms with Crippen molar-refractivity contribution in [3.63, 3.8) is 0 Å². The van der Waals surface area contributed by atoms with Gasteiger partial charge in [0.2, 0.25) is 0 Å². The second kappa shape index (κ2) is 11.4. The van der Waals surface area contributed by atoms with Crippen molar-refractivity contribution >= 4 is 11.9 Å². The van der Waals surface area contributed by atoms with Gasteiger partial charge in [0.15, 0.2) is 0 Å². The largest absolute Gasteiger partial charge is 4.00 e. The maximum absolute atomic E-state index is 10.8. The van der Waals surface area contributed by atoms with Crippen molar-refractivity contribution in [2.24, 2.45) is 0 Å². The smallest absolute Gasteiger partial charge is 1.00 e. The van der Waals surface area contributed by atoms with Gasteiger partial charge >= 0.3 is 109 Å². The molecule has 0 amide bonds. The number of carbonyl (C=O) groups excluding carboxylic acids is 2. The molecule has 0 saturated carbocycles. The summed E-state index contributed by atoms with van der Waals surface area (Å²) in [5.41, 5.74) is 0. The van der Waals surface area contributed by atoms with Crippen LogP contribution in [0.4, 0.5) is 0 Å². The summed E-state index contributed by atoms with van der Waals surface area (Å²) in [4.78, 5) is 21.6. The molecule has 0 atom stereocenters. The SMILES string of the molecule is CCCC(=O)[O][Ti+2][O]C(=O)CCC.[H-].[H-].[H-].[H-].[H-].[H-].[Ti+4]. The summed E-state index contributed by atoms with van der Waals surface area (Å²) in [5.74, 6) is -0.543. The van der Waals surface area contributed by atoms with E-state index in [4.69, 9.17) is 6.64 Å². The van der Waals surface area contributed by atoms with Gasteiger partial charge in [-0.3, -0.25) is 0 Å². The maximum Gasteiger partial charge on any atom is 4.00 e. The van der Waals surface area contributed by atoms with E-state index in [0.717, 1.165) is 12.8 Å². The summed E-state index contributed by atoms with van der Waals surface area (Å²) in [5, 5.41) is 0. The zero-order chi connectivity index (χ0) is 10.1. The van der Waals surface area contributed by atoms with Crippen LogP contribution in [0.3, 0.4) is 0 Å². The van der Waals surface area contributed by atoms with Crippen molar-refractivity contribution in [3.8, 4) is 0 Å². The second-order valence-electron chi connectivity index (χ2n) is 2.53. The first-order chi connectivity index (χ1) is 6.20. The summed E-state index contributed by atoms with van der Waals surface area (Å²) >= 11 is -1.31. The van der Waals surface area contributed by atoms with E-state index >= 15 is 0 Å². The minimum absolute atomic E-state index is 0. The van der Waals surface area contributed by atoms with Crippen molar-refractivity contribution in [1.29, 1.82) is 0 Å². The predicted molar refractivity (Wildman–Crippen MR) is 48.7 cm³/mol. The zero-order valence-electron chi connectivity index (χ0n) is 14.5. The minimum atomic E-state index is -1.31. The van der Waals surface area contributed by atoms with Crippen molar-refractivity contribution in [3.05, 3.63) is 0 Å². The average Bonchev–Trinajstić information content (AvgIpc) is 2.05. The Kier molecular flexibility index (Phi) is 13.7. The number of hydrogen-bond acceptors (Lipinski definition) is 4. The summed E-state index contributed by atoms with van der Waals surface area (Å²) in [6.45, 7) is 3.79. The second-order valence-corrected chi connectivity index (χ2v) is 3.43. The average molecular weight is 276 g/mol. The topological polar surface area (TPSA) is 52.6 Å². The van der Waals surface area contributed by atoms with Gasteiger partial charge in [-0.1, -0.05) is 0 Å². The van der Waals surface area contributed by atoms with E-state index in [2.05, 4.69) is 0 Å².